The lowest BCUT2D eigenvalue weighted by Gasteiger charge is -2.05. The van der Waals surface area contributed by atoms with Gasteiger partial charge in [0.05, 0.1) is 18.4 Å². The third-order valence-electron chi connectivity index (χ3n) is 4.46. The van der Waals surface area contributed by atoms with Crippen LogP contribution in [0.5, 0.6) is 0 Å². The molecule has 4 aromatic rings. The Morgan fingerprint density at radius 1 is 1.13 bits per heavy atom. The highest BCUT2D eigenvalue weighted by molar-refractivity contribution is 6.02. The van der Waals surface area contributed by atoms with E-state index in [1.54, 1.807) is 47.1 Å². The van der Waals surface area contributed by atoms with Crippen LogP contribution in [0.15, 0.2) is 67.1 Å². The minimum Gasteiger partial charge on any atom is -0.323 e. The van der Waals surface area contributed by atoms with Gasteiger partial charge in [-0.05, 0) is 58.5 Å². The highest BCUT2D eigenvalue weighted by Crippen LogP contribution is 2.24. The number of amides is 1. The fourth-order valence-corrected chi connectivity index (χ4v) is 3.02. The molecule has 0 unspecified atom stereocenters. The van der Waals surface area contributed by atoms with Crippen molar-refractivity contribution in [3.05, 3.63) is 84.1 Å². The Balaban J connectivity index is 1.42. The Morgan fingerprint density at radius 2 is 1.90 bits per heavy atom. The number of hydrogen-bond donors (Lipinski definition) is 1. The molecule has 0 aliphatic rings. The molecule has 0 radical (unpaired) electrons. The fraction of sp³-hybridized carbons (Fsp3) is 0.0952. The quantitative estimate of drug-likeness (QED) is 0.500. The van der Waals surface area contributed by atoms with Gasteiger partial charge in [0, 0.05) is 29.9 Å². The number of tetrazole rings is 1. The number of rotatable bonds is 6. The maximum atomic E-state index is 13.2. The number of nitrogens with zero attached hydrogens (tertiary/aromatic N) is 6. The van der Waals surface area contributed by atoms with Crippen LogP contribution in [0.2, 0.25) is 0 Å². The fourth-order valence-electron chi connectivity index (χ4n) is 3.02. The van der Waals surface area contributed by atoms with E-state index in [-0.39, 0.29) is 11.7 Å². The van der Waals surface area contributed by atoms with E-state index < -0.39 is 0 Å². The SMILES string of the molecule is Cn1ncc(C=CC(=O)Nc2ccc(Cn3cnnn3)cc2)c1-c1ccc(F)cc1. The van der Waals surface area contributed by atoms with Gasteiger partial charge in [0.15, 0.2) is 0 Å². The van der Waals surface area contributed by atoms with Gasteiger partial charge in [-0.3, -0.25) is 9.48 Å². The smallest absolute Gasteiger partial charge is 0.248 e. The standard InChI is InChI=1S/C21H18FN7O/c1-28-21(16-4-7-18(22)8-5-16)17(12-24-28)6-11-20(30)25-19-9-2-15(3-10-19)13-29-14-23-26-27-29/h2-12,14H,13H2,1H3,(H,25,30). The zero-order chi connectivity index (χ0) is 20.9. The van der Waals surface area contributed by atoms with Crippen molar-refractivity contribution in [1.82, 2.24) is 30.0 Å². The summed E-state index contributed by atoms with van der Waals surface area (Å²) in [6.45, 7) is 0.550. The highest BCUT2D eigenvalue weighted by atomic mass is 19.1. The molecule has 2 heterocycles. The van der Waals surface area contributed by atoms with Gasteiger partial charge in [-0.2, -0.15) is 5.10 Å². The molecule has 4 rings (SSSR count). The molecule has 0 aliphatic heterocycles. The summed E-state index contributed by atoms with van der Waals surface area (Å²) in [7, 11) is 1.80. The third kappa shape index (κ3) is 4.46. The average molecular weight is 403 g/mol. The van der Waals surface area contributed by atoms with Crippen LogP contribution in [0.25, 0.3) is 17.3 Å². The van der Waals surface area contributed by atoms with E-state index in [1.165, 1.54) is 18.2 Å². The summed E-state index contributed by atoms with van der Waals surface area (Å²) in [5, 5.41) is 18.1. The normalized spacial score (nSPS) is 11.1. The Kier molecular flexibility index (Phi) is 5.42. The summed E-state index contributed by atoms with van der Waals surface area (Å²) in [4.78, 5) is 12.3. The van der Waals surface area contributed by atoms with Gasteiger partial charge >= 0.3 is 0 Å². The summed E-state index contributed by atoms with van der Waals surface area (Å²) in [5.41, 5.74) is 4.06. The summed E-state index contributed by atoms with van der Waals surface area (Å²) >= 11 is 0. The second kappa shape index (κ2) is 8.48. The van der Waals surface area contributed by atoms with Crippen LogP contribution in [-0.4, -0.2) is 35.9 Å². The zero-order valence-electron chi connectivity index (χ0n) is 16.1. The first kappa shape index (κ1) is 19.2. The molecule has 0 atom stereocenters. The molecule has 150 valence electrons. The highest BCUT2D eigenvalue weighted by Gasteiger charge is 2.09. The Morgan fingerprint density at radius 3 is 2.60 bits per heavy atom. The molecule has 0 fully saturated rings. The molecule has 2 aromatic carbocycles. The molecule has 0 saturated heterocycles. The van der Waals surface area contributed by atoms with Crippen LogP contribution < -0.4 is 5.32 Å². The predicted octanol–water partition coefficient (Wildman–Crippen LogP) is 2.91. The van der Waals surface area contributed by atoms with Gasteiger partial charge in [0.2, 0.25) is 5.91 Å². The Labute approximate surface area is 171 Å². The average Bonchev–Trinajstić information content (AvgIpc) is 3.38. The van der Waals surface area contributed by atoms with Gasteiger partial charge in [0.1, 0.15) is 12.1 Å². The number of carbonyl (C=O) groups excluding carboxylic acids is 1. The summed E-state index contributed by atoms with van der Waals surface area (Å²) in [5.74, 6) is -0.571. The van der Waals surface area contributed by atoms with Gasteiger partial charge in [-0.15, -0.1) is 5.10 Å². The molecule has 1 amide bonds. The van der Waals surface area contributed by atoms with Gasteiger partial charge in [0.25, 0.3) is 0 Å². The zero-order valence-corrected chi connectivity index (χ0v) is 16.1. The molecule has 0 spiro atoms. The molecule has 9 heteroatoms. The van der Waals surface area contributed by atoms with E-state index in [2.05, 4.69) is 25.9 Å². The number of carbonyl (C=O) groups is 1. The van der Waals surface area contributed by atoms with E-state index >= 15 is 0 Å². The second-order valence-electron chi connectivity index (χ2n) is 6.61. The van der Waals surface area contributed by atoms with Crippen molar-refractivity contribution in [2.45, 2.75) is 6.54 Å². The number of halogens is 1. The molecular weight excluding hydrogens is 385 g/mol. The number of aromatic nitrogens is 6. The molecule has 8 nitrogen and oxygen atoms in total. The lowest BCUT2D eigenvalue weighted by atomic mass is 10.1. The van der Waals surface area contributed by atoms with Crippen LogP contribution in [-0.2, 0) is 18.4 Å². The van der Waals surface area contributed by atoms with E-state index in [1.807, 2.05) is 24.3 Å². The molecule has 0 aliphatic carbocycles. The van der Waals surface area contributed by atoms with Crippen molar-refractivity contribution in [2.24, 2.45) is 7.05 Å². The number of aryl methyl sites for hydroxylation is 1. The Hall–Kier alpha value is -4.14. The summed E-state index contributed by atoms with van der Waals surface area (Å²) < 4.78 is 16.5. The topological polar surface area (TPSA) is 90.5 Å². The molecule has 30 heavy (non-hydrogen) atoms. The van der Waals surface area contributed by atoms with Crippen molar-refractivity contribution < 1.29 is 9.18 Å². The maximum absolute atomic E-state index is 13.2. The van der Waals surface area contributed by atoms with E-state index in [0.29, 0.717) is 12.2 Å². The van der Waals surface area contributed by atoms with Crippen LogP contribution >= 0.6 is 0 Å². The number of nitrogens with one attached hydrogen (secondary N) is 1. The first-order chi connectivity index (χ1) is 14.6. The molecule has 2 aromatic heterocycles. The molecule has 1 N–H and O–H groups in total. The van der Waals surface area contributed by atoms with Gasteiger partial charge in [-0.1, -0.05) is 12.1 Å². The third-order valence-corrected chi connectivity index (χ3v) is 4.46. The van der Waals surface area contributed by atoms with Crippen molar-refractivity contribution in [2.75, 3.05) is 5.32 Å². The monoisotopic (exact) mass is 403 g/mol. The number of anilines is 1. The van der Waals surface area contributed by atoms with E-state index in [4.69, 9.17) is 0 Å². The van der Waals surface area contributed by atoms with E-state index in [0.717, 1.165) is 22.4 Å². The van der Waals surface area contributed by atoms with Gasteiger partial charge in [-0.25, -0.2) is 9.07 Å². The molecular formula is C21H18FN7O. The van der Waals surface area contributed by atoms with Crippen LogP contribution in [0.1, 0.15) is 11.1 Å². The van der Waals surface area contributed by atoms with E-state index in [9.17, 15) is 9.18 Å². The first-order valence-corrected chi connectivity index (χ1v) is 9.15. The van der Waals surface area contributed by atoms with Gasteiger partial charge < -0.3 is 5.32 Å². The van der Waals surface area contributed by atoms with Crippen molar-refractivity contribution >= 4 is 17.7 Å². The minimum atomic E-state index is -0.304. The lowest BCUT2D eigenvalue weighted by molar-refractivity contribution is -0.111. The van der Waals surface area contributed by atoms with Crippen molar-refractivity contribution in [3.63, 3.8) is 0 Å². The van der Waals surface area contributed by atoms with Crippen molar-refractivity contribution in [1.29, 1.82) is 0 Å². The molecule has 0 saturated carbocycles. The largest absolute Gasteiger partial charge is 0.323 e. The Bertz CT molecular complexity index is 1160. The minimum absolute atomic E-state index is 0.267. The summed E-state index contributed by atoms with van der Waals surface area (Å²) in [6.07, 6.45) is 6.33. The van der Waals surface area contributed by atoms with Crippen LogP contribution in [0.3, 0.4) is 0 Å². The van der Waals surface area contributed by atoms with Crippen molar-refractivity contribution in [3.8, 4) is 11.3 Å². The molecule has 0 bridgehead atoms. The maximum Gasteiger partial charge on any atom is 0.248 e. The lowest BCUT2D eigenvalue weighted by Crippen LogP contribution is -2.08. The van der Waals surface area contributed by atoms with Crippen LogP contribution in [0, 0.1) is 5.82 Å². The number of benzene rings is 2. The predicted molar refractivity (Wildman–Crippen MR) is 110 cm³/mol. The first-order valence-electron chi connectivity index (χ1n) is 9.15. The summed E-state index contributed by atoms with van der Waals surface area (Å²) in [6, 6.07) is 13.6. The van der Waals surface area contributed by atoms with Crippen LogP contribution in [0.4, 0.5) is 10.1 Å². The number of hydrogen-bond acceptors (Lipinski definition) is 5. The second-order valence-corrected chi connectivity index (χ2v) is 6.61.